The van der Waals surface area contributed by atoms with E-state index in [1.54, 1.807) is 18.2 Å². The minimum atomic E-state index is 0.0681. The van der Waals surface area contributed by atoms with Crippen LogP contribution in [-0.4, -0.2) is 30.3 Å². The standard InChI is InChI=1S/C17H23Cl2NO/c1-12-6-8-13(9-7-12)20(2)11-10-16(21)14-4-3-5-15(18)17(14)19/h3-5,12-13H,6-11H2,1-2H3. The molecule has 21 heavy (non-hydrogen) atoms. The van der Waals surface area contributed by atoms with Gasteiger partial charge in [0, 0.05) is 24.6 Å². The van der Waals surface area contributed by atoms with Crippen LogP contribution in [0.2, 0.25) is 10.0 Å². The molecule has 1 aliphatic rings. The van der Waals surface area contributed by atoms with Gasteiger partial charge in [-0.2, -0.15) is 0 Å². The number of Topliss-reactive ketones (excluding diaryl/α,β-unsaturated/α-hetero) is 1. The summed E-state index contributed by atoms with van der Waals surface area (Å²) < 4.78 is 0. The van der Waals surface area contributed by atoms with Gasteiger partial charge in [0.15, 0.2) is 5.78 Å². The highest BCUT2D eigenvalue weighted by Crippen LogP contribution is 2.28. The Morgan fingerprint density at radius 3 is 2.57 bits per heavy atom. The molecular formula is C17H23Cl2NO. The molecule has 0 atom stereocenters. The second-order valence-electron chi connectivity index (χ2n) is 6.17. The lowest BCUT2D eigenvalue weighted by Gasteiger charge is -2.33. The maximum absolute atomic E-state index is 12.3. The van der Waals surface area contributed by atoms with Gasteiger partial charge in [0.1, 0.15) is 0 Å². The third-order valence-corrected chi connectivity index (χ3v) is 5.37. The van der Waals surface area contributed by atoms with E-state index >= 15 is 0 Å². The summed E-state index contributed by atoms with van der Waals surface area (Å²) in [5.41, 5.74) is 0.537. The molecule has 0 unspecified atom stereocenters. The van der Waals surface area contributed by atoms with Crippen LogP contribution in [0.15, 0.2) is 18.2 Å². The van der Waals surface area contributed by atoms with E-state index < -0.39 is 0 Å². The lowest BCUT2D eigenvalue weighted by molar-refractivity contribution is 0.0947. The Hall–Kier alpha value is -0.570. The Morgan fingerprint density at radius 2 is 1.90 bits per heavy atom. The van der Waals surface area contributed by atoms with Crippen LogP contribution in [0.3, 0.4) is 0 Å². The highest BCUT2D eigenvalue weighted by atomic mass is 35.5. The van der Waals surface area contributed by atoms with Crippen molar-refractivity contribution in [2.24, 2.45) is 5.92 Å². The number of carbonyl (C=O) groups excluding carboxylic acids is 1. The highest BCUT2D eigenvalue weighted by molar-refractivity contribution is 6.43. The average Bonchev–Trinajstić information content (AvgIpc) is 2.48. The fourth-order valence-corrected chi connectivity index (χ4v) is 3.40. The zero-order chi connectivity index (χ0) is 15.4. The molecule has 0 N–H and O–H groups in total. The quantitative estimate of drug-likeness (QED) is 0.703. The van der Waals surface area contributed by atoms with Crippen molar-refractivity contribution in [2.75, 3.05) is 13.6 Å². The summed E-state index contributed by atoms with van der Waals surface area (Å²) in [4.78, 5) is 14.6. The van der Waals surface area contributed by atoms with E-state index in [0.717, 1.165) is 12.5 Å². The Labute approximate surface area is 137 Å². The number of hydrogen-bond donors (Lipinski definition) is 0. The molecule has 1 aromatic rings. The van der Waals surface area contributed by atoms with Crippen LogP contribution < -0.4 is 0 Å². The molecule has 0 radical (unpaired) electrons. The van der Waals surface area contributed by atoms with Crippen LogP contribution in [-0.2, 0) is 0 Å². The minimum Gasteiger partial charge on any atom is -0.303 e. The summed E-state index contributed by atoms with van der Waals surface area (Å²) in [5, 5.41) is 0.815. The van der Waals surface area contributed by atoms with Gasteiger partial charge in [-0.25, -0.2) is 0 Å². The molecule has 0 aliphatic heterocycles. The van der Waals surface area contributed by atoms with E-state index in [4.69, 9.17) is 23.2 Å². The van der Waals surface area contributed by atoms with Crippen molar-refractivity contribution in [3.63, 3.8) is 0 Å². The largest absolute Gasteiger partial charge is 0.303 e. The molecule has 1 fully saturated rings. The van der Waals surface area contributed by atoms with Gasteiger partial charge in [-0.1, -0.05) is 36.2 Å². The van der Waals surface area contributed by atoms with Crippen LogP contribution >= 0.6 is 23.2 Å². The van der Waals surface area contributed by atoms with Gasteiger partial charge < -0.3 is 4.90 Å². The summed E-state index contributed by atoms with van der Waals surface area (Å²) in [6, 6.07) is 5.84. The number of hydrogen-bond acceptors (Lipinski definition) is 2. The van der Waals surface area contributed by atoms with Crippen molar-refractivity contribution in [3.8, 4) is 0 Å². The highest BCUT2D eigenvalue weighted by Gasteiger charge is 2.22. The third-order valence-electron chi connectivity index (χ3n) is 4.55. The molecule has 1 aromatic carbocycles. The van der Waals surface area contributed by atoms with Crippen molar-refractivity contribution in [1.29, 1.82) is 0 Å². The van der Waals surface area contributed by atoms with Gasteiger partial charge >= 0.3 is 0 Å². The van der Waals surface area contributed by atoms with Gasteiger partial charge in [0.2, 0.25) is 0 Å². The van der Waals surface area contributed by atoms with Crippen LogP contribution in [0.25, 0.3) is 0 Å². The molecule has 2 nitrogen and oxygen atoms in total. The van der Waals surface area contributed by atoms with E-state index in [1.165, 1.54) is 25.7 Å². The maximum atomic E-state index is 12.3. The molecule has 0 amide bonds. The Bertz CT molecular complexity index is 496. The first-order chi connectivity index (χ1) is 9.99. The van der Waals surface area contributed by atoms with Crippen LogP contribution in [0.5, 0.6) is 0 Å². The number of halogens is 2. The zero-order valence-electron chi connectivity index (χ0n) is 12.7. The van der Waals surface area contributed by atoms with E-state index in [2.05, 4.69) is 18.9 Å². The summed E-state index contributed by atoms with van der Waals surface area (Å²) in [5.74, 6) is 0.917. The van der Waals surface area contributed by atoms with Gasteiger partial charge in [-0.3, -0.25) is 4.79 Å². The summed E-state index contributed by atoms with van der Waals surface area (Å²) in [6.07, 6.45) is 5.56. The van der Waals surface area contributed by atoms with Gasteiger partial charge in [-0.05, 0) is 50.8 Å². The fraction of sp³-hybridized carbons (Fsp3) is 0.588. The second-order valence-corrected chi connectivity index (χ2v) is 6.95. The predicted octanol–water partition coefficient (Wildman–Crippen LogP) is 5.08. The van der Waals surface area contributed by atoms with E-state index in [1.807, 2.05) is 0 Å². The molecule has 1 aliphatic carbocycles. The molecular weight excluding hydrogens is 305 g/mol. The lowest BCUT2D eigenvalue weighted by Crippen LogP contribution is -2.36. The number of rotatable bonds is 5. The van der Waals surface area contributed by atoms with E-state index in [0.29, 0.717) is 28.1 Å². The van der Waals surface area contributed by atoms with Crippen LogP contribution in [0.1, 0.15) is 49.4 Å². The maximum Gasteiger partial charge on any atom is 0.165 e. The summed E-state index contributed by atoms with van der Waals surface area (Å²) in [6.45, 7) is 3.10. The Balaban J connectivity index is 1.87. The first-order valence-corrected chi connectivity index (χ1v) is 8.42. The SMILES string of the molecule is CC1CCC(N(C)CCC(=O)c2cccc(Cl)c2Cl)CC1. The van der Waals surface area contributed by atoms with Crippen molar-refractivity contribution in [2.45, 2.75) is 45.1 Å². The number of carbonyl (C=O) groups is 1. The lowest BCUT2D eigenvalue weighted by atomic mass is 9.86. The number of nitrogens with zero attached hydrogens (tertiary/aromatic N) is 1. The van der Waals surface area contributed by atoms with Crippen molar-refractivity contribution < 1.29 is 4.79 Å². The molecule has 116 valence electrons. The summed E-state index contributed by atoms with van der Waals surface area (Å²) >= 11 is 12.1. The smallest absolute Gasteiger partial charge is 0.165 e. The molecule has 4 heteroatoms. The Kier molecular flexibility index (Phi) is 6.09. The fourth-order valence-electron chi connectivity index (χ4n) is 3.00. The monoisotopic (exact) mass is 327 g/mol. The molecule has 2 rings (SSSR count). The predicted molar refractivity (Wildman–Crippen MR) is 89.5 cm³/mol. The molecule has 0 heterocycles. The Morgan fingerprint density at radius 1 is 1.24 bits per heavy atom. The van der Waals surface area contributed by atoms with Gasteiger partial charge in [0.25, 0.3) is 0 Å². The third kappa shape index (κ3) is 4.45. The topological polar surface area (TPSA) is 20.3 Å². The van der Waals surface area contributed by atoms with Gasteiger partial charge in [0.05, 0.1) is 10.0 Å². The molecule has 0 bridgehead atoms. The van der Waals surface area contributed by atoms with Crippen LogP contribution in [0, 0.1) is 5.92 Å². The first-order valence-electron chi connectivity index (χ1n) is 7.66. The van der Waals surface area contributed by atoms with Crippen molar-refractivity contribution >= 4 is 29.0 Å². The molecule has 0 aromatic heterocycles. The average molecular weight is 328 g/mol. The van der Waals surface area contributed by atoms with Crippen LogP contribution in [0.4, 0.5) is 0 Å². The molecule has 0 spiro atoms. The van der Waals surface area contributed by atoms with E-state index in [-0.39, 0.29) is 5.78 Å². The molecule has 0 saturated heterocycles. The van der Waals surface area contributed by atoms with Gasteiger partial charge in [-0.15, -0.1) is 0 Å². The minimum absolute atomic E-state index is 0.0681. The first kappa shape index (κ1) is 16.8. The van der Waals surface area contributed by atoms with Crippen molar-refractivity contribution in [1.82, 2.24) is 4.90 Å². The second kappa shape index (κ2) is 7.62. The number of benzene rings is 1. The number of ketones is 1. The zero-order valence-corrected chi connectivity index (χ0v) is 14.3. The normalized spacial score (nSPS) is 22.5. The summed E-state index contributed by atoms with van der Waals surface area (Å²) in [7, 11) is 2.12. The molecule has 1 saturated carbocycles. The van der Waals surface area contributed by atoms with E-state index in [9.17, 15) is 4.79 Å². The van der Waals surface area contributed by atoms with Crippen molar-refractivity contribution in [3.05, 3.63) is 33.8 Å².